The Morgan fingerprint density at radius 2 is 2.35 bits per heavy atom. The van der Waals surface area contributed by atoms with Gasteiger partial charge in [0.05, 0.1) is 12.1 Å². The van der Waals surface area contributed by atoms with Crippen molar-refractivity contribution in [1.82, 2.24) is 10.2 Å². The van der Waals surface area contributed by atoms with Crippen LogP contribution in [0, 0.1) is 0 Å². The van der Waals surface area contributed by atoms with Crippen LogP contribution in [0.4, 0.5) is 0 Å². The summed E-state index contributed by atoms with van der Waals surface area (Å²) in [6.07, 6.45) is 2.26. The van der Waals surface area contributed by atoms with E-state index >= 15 is 0 Å². The lowest BCUT2D eigenvalue weighted by Crippen LogP contribution is -2.51. The number of nitrogens with one attached hydrogen (secondary N) is 1. The Bertz CT molecular complexity index is 248. The largest absolute Gasteiger partial charge is 0.377 e. The molecule has 0 aliphatic carbocycles. The Morgan fingerprint density at radius 3 is 2.82 bits per heavy atom. The number of likely N-dealkylation sites (N-methyl/N-ethyl adjacent to an activating group) is 1. The highest BCUT2D eigenvalue weighted by molar-refractivity contribution is 5.80. The van der Waals surface area contributed by atoms with E-state index in [2.05, 4.69) is 24.1 Å². The maximum Gasteiger partial charge on any atom is 0.235 e. The molecule has 0 bridgehead atoms. The fourth-order valence-electron chi connectivity index (χ4n) is 2.30. The van der Waals surface area contributed by atoms with E-state index in [0.29, 0.717) is 12.6 Å². The van der Waals surface area contributed by atoms with Gasteiger partial charge in [-0.3, -0.25) is 9.69 Å². The maximum atomic E-state index is 11.3. The molecular weight excluding hydrogens is 218 g/mol. The lowest BCUT2D eigenvalue weighted by Gasteiger charge is -2.29. The van der Waals surface area contributed by atoms with Gasteiger partial charge < -0.3 is 15.8 Å². The highest BCUT2D eigenvalue weighted by Gasteiger charge is 2.29. The number of hydrogen-bond acceptors (Lipinski definition) is 4. The van der Waals surface area contributed by atoms with E-state index in [9.17, 15) is 4.79 Å². The molecule has 3 unspecified atom stereocenters. The van der Waals surface area contributed by atoms with Crippen molar-refractivity contribution in [3.8, 4) is 0 Å². The van der Waals surface area contributed by atoms with Crippen LogP contribution in [0.5, 0.6) is 0 Å². The van der Waals surface area contributed by atoms with Crippen LogP contribution in [-0.2, 0) is 9.53 Å². The normalized spacial score (nSPS) is 26.4. The fraction of sp³-hybridized carbons (Fsp3) is 0.917. The lowest BCUT2D eigenvalue weighted by molar-refractivity contribution is -0.120. The summed E-state index contributed by atoms with van der Waals surface area (Å²) in [5.74, 6) is -0.281. The van der Waals surface area contributed by atoms with Gasteiger partial charge in [-0.15, -0.1) is 0 Å². The van der Waals surface area contributed by atoms with Gasteiger partial charge in [-0.05, 0) is 33.4 Å². The maximum absolute atomic E-state index is 11.3. The minimum atomic E-state index is -0.281. The first-order chi connectivity index (χ1) is 8.06. The van der Waals surface area contributed by atoms with Crippen molar-refractivity contribution in [2.24, 2.45) is 5.73 Å². The van der Waals surface area contributed by atoms with Crippen LogP contribution in [0.15, 0.2) is 0 Å². The molecule has 1 aliphatic heterocycles. The number of amides is 1. The Morgan fingerprint density at radius 1 is 1.65 bits per heavy atom. The van der Waals surface area contributed by atoms with Crippen LogP contribution >= 0.6 is 0 Å². The number of nitrogens with zero attached hydrogens (tertiary/aromatic N) is 1. The van der Waals surface area contributed by atoms with Crippen molar-refractivity contribution < 1.29 is 9.53 Å². The van der Waals surface area contributed by atoms with E-state index in [4.69, 9.17) is 10.5 Å². The zero-order chi connectivity index (χ0) is 12.8. The van der Waals surface area contributed by atoms with E-state index in [0.717, 1.165) is 26.0 Å². The van der Waals surface area contributed by atoms with Crippen LogP contribution in [0.3, 0.4) is 0 Å². The predicted molar refractivity (Wildman–Crippen MR) is 67.7 cm³/mol. The Hall–Kier alpha value is -0.650. The van der Waals surface area contributed by atoms with Crippen molar-refractivity contribution in [2.75, 3.05) is 26.7 Å². The molecule has 100 valence electrons. The van der Waals surface area contributed by atoms with Crippen molar-refractivity contribution in [2.45, 2.75) is 44.9 Å². The van der Waals surface area contributed by atoms with Gasteiger partial charge in [-0.25, -0.2) is 0 Å². The molecule has 0 spiro atoms. The average molecular weight is 243 g/mol. The second-order valence-corrected chi connectivity index (χ2v) is 4.78. The second-order valence-electron chi connectivity index (χ2n) is 4.78. The molecule has 1 heterocycles. The van der Waals surface area contributed by atoms with Crippen LogP contribution in [0.25, 0.3) is 0 Å². The number of carbonyl (C=O) groups excluding carboxylic acids is 1. The Kier molecular flexibility index (Phi) is 5.88. The number of primary amides is 1. The molecule has 0 aromatic rings. The third-order valence-corrected chi connectivity index (χ3v) is 3.36. The first-order valence-corrected chi connectivity index (χ1v) is 6.40. The summed E-state index contributed by atoms with van der Waals surface area (Å²) in [6.45, 7) is 6.42. The number of rotatable bonds is 7. The molecule has 1 amide bonds. The summed E-state index contributed by atoms with van der Waals surface area (Å²) in [7, 11) is 2.03. The molecular formula is C12H25N3O2. The molecule has 0 saturated carbocycles. The highest BCUT2D eigenvalue weighted by atomic mass is 16.5. The van der Waals surface area contributed by atoms with Gasteiger partial charge in [0.1, 0.15) is 0 Å². The van der Waals surface area contributed by atoms with E-state index in [1.165, 1.54) is 0 Å². The monoisotopic (exact) mass is 243 g/mol. The summed E-state index contributed by atoms with van der Waals surface area (Å²) in [5.41, 5.74) is 5.40. The van der Waals surface area contributed by atoms with Gasteiger partial charge >= 0.3 is 0 Å². The standard InChI is InChI=1S/C12H25N3O2/c1-4-6-14-10(12(13)16)8-15(3)11-5-7-17-9(11)2/h9-11,14H,4-8H2,1-3H3,(H2,13,16). The molecule has 1 saturated heterocycles. The van der Waals surface area contributed by atoms with Gasteiger partial charge in [0.15, 0.2) is 0 Å². The van der Waals surface area contributed by atoms with Crippen LogP contribution in [-0.4, -0.2) is 55.7 Å². The summed E-state index contributed by atoms with van der Waals surface area (Å²) in [4.78, 5) is 13.5. The first-order valence-electron chi connectivity index (χ1n) is 6.40. The van der Waals surface area contributed by atoms with Crippen LogP contribution in [0.1, 0.15) is 26.7 Å². The number of nitrogens with two attached hydrogens (primary N) is 1. The minimum Gasteiger partial charge on any atom is -0.377 e. The third-order valence-electron chi connectivity index (χ3n) is 3.36. The van der Waals surface area contributed by atoms with Crippen molar-refractivity contribution in [1.29, 1.82) is 0 Å². The molecule has 1 fully saturated rings. The summed E-state index contributed by atoms with van der Waals surface area (Å²) < 4.78 is 5.53. The molecule has 3 N–H and O–H groups in total. The van der Waals surface area contributed by atoms with E-state index in [1.54, 1.807) is 0 Å². The number of hydrogen-bond donors (Lipinski definition) is 2. The molecule has 5 heteroatoms. The van der Waals surface area contributed by atoms with Gasteiger partial charge in [0.25, 0.3) is 0 Å². The molecule has 1 aliphatic rings. The summed E-state index contributed by atoms with van der Waals surface area (Å²) >= 11 is 0. The quantitative estimate of drug-likeness (QED) is 0.658. The van der Waals surface area contributed by atoms with Crippen LogP contribution in [0.2, 0.25) is 0 Å². The average Bonchev–Trinajstić information content (AvgIpc) is 2.70. The summed E-state index contributed by atoms with van der Waals surface area (Å²) in [6, 6.07) is 0.119. The zero-order valence-corrected chi connectivity index (χ0v) is 11.1. The van der Waals surface area contributed by atoms with Gasteiger partial charge in [-0.2, -0.15) is 0 Å². The van der Waals surface area contributed by atoms with Crippen molar-refractivity contribution in [3.05, 3.63) is 0 Å². The molecule has 0 radical (unpaired) electrons. The van der Waals surface area contributed by atoms with Gasteiger partial charge in [0, 0.05) is 19.2 Å². The predicted octanol–water partition coefficient (Wildman–Crippen LogP) is -0.0509. The molecule has 5 nitrogen and oxygen atoms in total. The number of carbonyl (C=O) groups is 1. The van der Waals surface area contributed by atoms with Crippen molar-refractivity contribution >= 4 is 5.91 Å². The second kappa shape index (κ2) is 6.93. The van der Waals surface area contributed by atoms with Gasteiger partial charge in [-0.1, -0.05) is 6.92 Å². The van der Waals surface area contributed by atoms with E-state index < -0.39 is 0 Å². The van der Waals surface area contributed by atoms with Crippen molar-refractivity contribution in [3.63, 3.8) is 0 Å². The van der Waals surface area contributed by atoms with E-state index in [-0.39, 0.29) is 18.1 Å². The van der Waals surface area contributed by atoms with Gasteiger partial charge in [0.2, 0.25) is 5.91 Å². The fourth-order valence-corrected chi connectivity index (χ4v) is 2.30. The van der Waals surface area contributed by atoms with E-state index in [1.807, 2.05) is 7.05 Å². The Balaban J connectivity index is 2.45. The first kappa shape index (κ1) is 14.4. The topological polar surface area (TPSA) is 67.6 Å². The SMILES string of the molecule is CCCNC(CN(C)C1CCOC1C)C(N)=O. The zero-order valence-electron chi connectivity index (χ0n) is 11.1. The Labute approximate surface area is 104 Å². The third kappa shape index (κ3) is 4.26. The van der Waals surface area contributed by atoms with Crippen LogP contribution < -0.4 is 11.1 Å². The number of ether oxygens (including phenoxy) is 1. The molecule has 0 aromatic carbocycles. The lowest BCUT2D eigenvalue weighted by atomic mass is 10.1. The molecule has 1 rings (SSSR count). The summed E-state index contributed by atoms with van der Waals surface area (Å²) in [5, 5.41) is 3.18. The highest BCUT2D eigenvalue weighted by Crippen LogP contribution is 2.18. The minimum absolute atomic E-state index is 0.236. The molecule has 3 atom stereocenters. The smallest absolute Gasteiger partial charge is 0.235 e. The molecule has 0 aromatic heterocycles. The molecule has 17 heavy (non-hydrogen) atoms.